The van der Waals surface area contributed by atoms with Gasteiger partial charge in [0.15, 0.2) is 6.17 Å². The van der Waals surface area contributed by atoms with E-state index in [1.165, 1.54) is 11.1 Å². The molecule has 2 heterocycles. The van der Waals surface area contributed by atoms with Gasteiger partial charge in [-0.3, -0.25) is 9.69 Å². The second-order valence-corrected chi connectivity index (χ2v) is 2.86. The van der Waals surface area contributed by atoms with Crippen molar-refractivity contribution >= 4 is 11.7 Å². The summed E-state index contributed by atoms with van der Waals surface area (Å²) >= 11 is 0. The van der Waals surface area contributed by atoms with E-state index in [2.05, 4.69) is 11.1 Å². The van der Waals surface area contributed by atoms with Crippen LogP contribution < -0.4 is 4.90 Å². The van der Waals surface area contributed by atoms with Gasteiger partial charge in [0.2, 0.25) is 0 Å². The first-order chi connectivity index (χ1) is 6.29. The number of anilines is 1. The third-order valence-corrected chi connectivity index (χ3v) is 2.02. The van der Waals surface area contributed by atoms with Crippen molar-refractivity contribution in [3.8, 4) is 0 Å². The fraction of sp³-hybridized carbons (Fsp3) is 0.333. The monoisotopic (exact) mass is 179 g/mol. The van der Waals surface area contributed by atoms with Crippen LogP contribution in [0.2, 0.25) is 0 Å². The van der Waals surface area contributed by atoms with Gasteiger partial charge >= 0.3 is 0 Å². The summed E-state index contributed by atoms with van der Waals surface area (Å²) in [5.41, 5.74) is 0. The molecule has 1 unspecified atom stereocenters. The number of carbonyl (C=O) groups is 1. The molecule has 1 aliphatic heterocycles. The fourth-order valence-electron chi connectivity index (χ4n) is 1.34. The molecule has 1 fully saturated rings. The molecule has 67 valence electrons. The molecular formula is C9H8FN2O. The van der Waals surface area contributed by atoms with E-state index in [1.807, 2.05) is 0 Å². The van der Waals surface area contributed by atoms with Crippen LogP contribution >= 0.6 is 0 Å². The topological polar surface area (TPSA) is 33.2 Å². The second kappa shape index (κ2) is 3.12. The quantitative estimate of drug-likeness (QED) is 0.643. The van der Waals surface area contributed by atoms with E-state index in [-0.39, 0.29) is 6.42 Å². The molecule has 1 amide bonds. The van der Waals surface area contributed by atoms with E-state index in [9.17, 15) is 9.18 Å². The molecule has 1 saturated heterocycles. The number of amides is 1. The van der Waals surface area contributed by atoms with Crippen LogP contribution in [0.15, 0.2) is 18.3 Å². The van der Waals surface area contributed by atoms with Gasteiger partial charge in [0.05, 0.1) is 0 Å². The number of nitrogens with zero attached hydrogens (tertiary/aromatic N) is 2. The molecular weight excluding hydrogens is 171 g/mol. The maximum Gasteiger partial charge on any atom is 0.262 e. The van der Waals surface area contributed by atoms with Gasteiger partial charge in [0.1, 0.15) is 5.82 Å². The lowest BCUT2D eigenvalue weighted by atomic mass is 10.3. The Balaban J connectivity index is 2.24. The third kappa shape index (κ3) is 1.39. The summed E-state index contributed by atoms with van der Waals surface area (Å²) in [6, 6.07) is 6.04. The van der Waals surface area contributed by atoms with Crippen molar-refractivity contribution in [3.63, 3.8) is 0 Å². The number of rotatable bonds is 1. The van der Waals surface area contributed by atoms with Crippen LogP contribution in [-0.2, 0) is 4.79 Å². The van der Waals surface area contributed by atoms with Gasteiger partial charge in [-0.2, -0.15) is 0 Å². The summed E-state index contributed by atoms with van der Waals surface area (Å²) in [4.78, 5) is 16.5. The highest BCUT2D eigenvalue weighted by Crippen LogP contribution is 2.20. The predicted octanol–water partition coefficient (Wildman–Crippen LogP) is 0.957. The molecule has 1 aromatic heterocycles. The molecule has 3 nitrogen and oxygen atoms in total. The van der Waals surface area contributed by atoms with Crippen molar-refractivity contribution in [2.24, 2.45) is 0 Å². The van der Waals surface area contributed by atoms with Crippen LogP contribution in [0, 0.1) is 6.07 Å². The molecule has 13 heavy (non-hydrogen) atoms. The minimum Gasteiger partial charge on any atom is -0.294 e. The van der Waals surface area contributed by atoms with Gasteiger partial charge in [-0.15, -0.1) is 0 Å². The van der Waals surface area contributed by atoms with Crippen molar-refractivity contribution in [3.05, 3.63) is 24.4 Å². The first-order valence-corrected chi connectivity index (χ1v) is 4.06. The predicted molar refractivity (Wildman–Crippen MR) is 44.9 cm³/mol. The summed E-state index contributed by atoms with van der Waals surface area (Å²) in [5.74, 6) is 0.0163. The van der Waals surface area contributed by atoms with Gasteiger partial charge in [-0.25, -0.2) is 9.37 Å². The maximum absolute atomic E-state index is 12.8. The molecule has 0 aliphatic carbocycles. The number of carbonyl (C=O) groups excluding carboxylic acids is 1. The Morgan fingerprint density at radius 2 is 2.54 bits per heavy atom. The first-order valence-electron chi connectivity index (χ1n) is 4.06. The molecule has 2 rings (SSSR count). The van der Waals surface area contributed by atoms with E-state index < -0.39 is 12.1 Å². The van der Waals surface area contributed by atoms with Gasteiger partial charge < -0.3 is 0 Å². The number of alkyl halides is 1. The van der Waals surface area contributed by atoms with Crippen LogP contribution in [0.3, 0.4) is 0 Å². The van der Waals surface area contributed by atoms with Crippen molar-refractivity contribution in [2.45, 2.75) is 12.6 Å². The lowest BCUT2D eigenvalue weighted by Gasteiger charge is -2.13. The summed E-state index contributed by atoms with van der Waals surface area (Å²) in [6.45, 7) is 0.414. The van der Waals surface area contributed by atoms with E-state index in [0.29, 0.717) is 12.4 Å². The summed E-state index contributed by atoms with van der Waals surface area (Å²) in [5, 5.41) is 0. The highest BCUT2D eigenvalue weighted by Gasteiger charge is 2.32. The Hall–Kier alpha value is -1.45. The van der Waals surface area contributed by atoms with E-state index in [1.54, 1.807) is 12.1 Å². The molecule has 1 aromatic rings. The number of pyridine rings is 1. The lowest BCUT2D eigenvalue weighted by Crippen LogP contribution is -2.28. The van der Waals surface area contributed by atoms with E-state index in [4.69, 9.17) is 0 Å². The van der Waals surface area contributed by atoms with Gasteiger partial charge in [0, 0.05) is 25.2 Å². The normalized spacial score (nSPS) is 22.4. The zero-order valence-electron chi connectivity index (χ0n) is 6.90. The minimum atomic E-state index is -1.36. The highest BCUT2D eigenvalue weighted by atomic mass is 19.1. The first kappa shape index (κ1) is 8.16. The third-order valence-electron chi connectivity index (χ3n) is 2.02. The average molecular weight is 179 g/mol. The molecule has 0 saturated carbocycles. The largest absolute Gasteiger partial charge is 0.294 e. The lowest BCUT2D eigenvalue weighted by molar-refractivity contribution is -0.121. The fourth-order valence-corrected chi connectivity index (χ4v) is 1.34. The van der Waals surface area contributed by atoms with Gasteiger partial charge in [-0.1, -0.05) is 0 Å². The molecule has 1 aliphatic rings. The molecule has 0 N–H and O–H groups in total. The highest BCUT2D eigenvalue weighted by molar-refractivity contribution is 5.97. The van der Waals surface area contributed by atoms with Crippen molar-refractivity contribution in [1.29, 1.82) is 0 Å². The van der Waals surface area contributed by atoms with Crippen molar-refractivity contribution < 1.29 is 9.18 Å². The average Bonchev–Trinajstić information content (AvgIpc) is 2.49. The Morgan fingerprint density at radius 3 is 3.08 bits per heavy atom. The van der Waals surface area contributed by atoms with Crippen LogP contribution in [-0.4, -0.2) is 23.6 Å². The van der Waals surface area contributed by atoms with Crippen LogP contribution in [0.25, 0.3) is 0 Å². The zero-order valence-corrected chi connectivity index (χ0v) is 6.90. The van der Waals surface area contributed by atoms with E-state index >= 15 is 0 Å². The molecule has 0 spiro atoms. The molecule has 1 atom stereocenters. The summed E-state index contributed by atoms with van der Waals surface area (Å²) in [7, 11) is 0. The molecule has 0 bridgehead atoms. The molecule has 1 radical (unpaired) electrons. The van der Waals surface area contributed by atoms with E-state index in [0.717, 1.165) is 0 Å². The van der Waals surface area contributed by atoms with Crippen LogP contribution in [0.4, 0.5) is 10.2 Å². The number of aromatic nitrogens is 1. The molecule has 4 heteroatoms. The van der Waals surface area contributed by atoms with Crippen molar-refractivity contribution in [1.82, 2.24) is 4.98 Å². The Kier molecular flexibility index (Phi) is 1.96. The van der Waals surface area contributed by atoms with Gasteiger partial charge in [0.25, 0.3) is 5.91 Å². The van der Waals surface area contributed by atoms with Gasteiger partial charge in [-0.05, 0) is 12.1 Å². The second-order valence-electron chi connectivity index (χ2n) is 2.86. The SMILES string of the molecule is O=C1C(F)CCN1c1cc[c]cn1. The minimum absolute atomic E-state index is 0.263. The van der Waals surface area contributed by atoms with Crippen LogP contribution in [0.5, 0.6) is 0 Å². The Labute approximate surface area is 75.2 Å². The molecule has 0 aromatic carbocycles. The maximum atomic E-state index is 12.8. The zero-order chi connectivity index (χ0) is 9.26. The summed E-state index contributed by atoms with van der Waals surface area (Å²) in [6.07, 6.45) is 0.374. The number of hydrogen-bond donors (Lipinski definition) is 0. The van der Waals surface area contributed by atoms with Crippen LogP contribution in [0.1, 0.15) is 6.42 Å². The number of hydrogen-bond acceptors (Lipinski definition) is 2. The Bertz CT molecular complexity index is 315. The number of halogens is 1. The summed E-state index contributed by atoms with van der Waals surface area (Å²) < 4.78 is 12.8. The smallest absolute Gasteiger partial charge is 0.262 e. The Morgan fingerprint density at radius 1 is 1.69 bits per heavy atom. The van der Waals surface area contributed by atoms with Crippen molar-refractivity contribution in [2.75, 3.05) is 11.4 Å². The standard InChI is InChI=1S/C9H8FN2O/c10-7-4-6-12(9(7)13)8-3-1-2-5-11-8/h1,3,5,7H,4,6H2.